The third-order valence-corrected chi connectivity index (χ3v) is 5.06. The number of aryl methyl sites for hydroxylation is 2. The van der Waals surface area contributed by atoms with Gasteiger partial charge in [0.1, 0.15) is 0 Å². The third kappa shape index (κ3) is 5.02. The topological polar surface area (TPSA) is 29.1 Å². The molecule has 0 radical (unpaired) electrons. The molecule has 122 valence electrons. The summed E-state index contributed by atoms with van der Waals surface area (Å²) in [5, 5.41) is 3.84. The quantitative estimate of drug-likeness (QED) is 0.732. The summed E-state index contributed by atoms with van der Waals surface area (Å²) in [5.41, 5.74) is 4.43. The van der Waals surface area contributed by atoms with Crippen LogP contribution in [0.1, 0.15) is 30.5 Å². The fourth-order valence-corrected chi connectivity index (χ4v) is 3.56. The molecule has 0 fully saturated rings. The van der Waals surface area contributed by atoms with E-state index in [1.165, 1.54) is 11.1 Å². The minimum absolute atomic E-state index is 0.0395. The number of anilines is 1. The predicted molar refractivity (Wildman–Crippen MR) is 101 cm³/mol. The number of halogens is 1. The number of para-hydroxylation sites is 1. The van der Waals surface area contributed by atoms with E-state index >= 15 is 0 Å². The molecule has 23 heavy (non-hydrogen) atoms. The Hall–Kier alpha value is -1.45. The number of carbonyl (C=O) groups is 1. The molecule has 0 spiro atoms. The summed E-state index contributed by atoms with van der Waals surface area (Å²) in [7, 11) is 0. The number of thioether (sulfide) groups is 1. The van der Waals surface area contributed by atoms with Crippen molar-refractivity contribution in [2.24, 2.45) is 0 Å². The van der Waals surface area contributed by atoms with Crippen LogP contribution in [0.4, 0.5) is 5.69 Å². The maximum absolute atomic E-state index is 12.3. The molecular formula is C19H22ClNOS. The molecule has 0 bridgehead atoms. The van der Waals surface area contributed by atoms with Gasteiger partial charge in [-0.2, -0.15) is 0 Å². The molecule has 0 saturated carbocycles. The van der Waals surface area contributed by atoms with E-state index in [0.29, 0.717) is 5.75 Å². The number of hydrogen-bond acceptors (Lipinski definition) is 2. The van der Waals surface area contributed by atoms with Crippen LogP contribution in [0.2, 0.25) is 5.02 Å². The lowest BCUT2D eigenvalue weighted by atomic mass is 10.0. The Morgan fingerprint density at radius 3 is 2.22 bits per heavy atom. The van der Waals surface area contributed by atoms with Crippen molar-refractivity contribution in [1.29, 1.82) is 0 Å². The van der Waals surface area contributed by atoms with Gasteiger partial charge < -0.3 is 5.32 Å². The number of amides is 1. The summed E-state index contributed by atoms with van der Waals surface area (Å²) >= 11 is 7.71. The van der Waals surface area contributed by atoms with Gasteiger partial charge in [-0.05, 0) is 35.6 Å². The van der Waals surface area contributed by atoms with E-state index < -0.39 is 0 Å². The number of nitrogens with one attached hydrogen (secondary N) is 1. The van der Waals surface area contributed by atoms with Crippen LogP contribution in [0.5, 0.6) is 0 Å². The van der Waals surface area contributed by atoms with Crippen molar-refractivity contribution in [2.75, 3.05) is 11.1 Å². The maximum atomic E-state index is 12.3. The first-order chi connectivity index (χ1) is 11.2. The fraction of sp³-hybridized carbons (Fsp3) is 0.316. The average Bonchev–Trinajstić information content (AvgIpc) is 2.56. The summed E-state index contributed by atoms with van der Waals surface area (Å²) in [4.78, 5) is 12.3. The molecule has 0 aliphatic carbocycles. The summed E-state index contributed by atoms with van der Waals surface area (Å²) in [6.07, 6.45) is 1.83. The number of hydrogen-bond donors (Lipinski definition) is 1. The van der Waals surface area contributed by atoms with Crippen molar-refractivity contribution in [1.82, 2.24) is 0 Å². The highest BCUT2D eigenvalue weighted by molar-refractivity contribution is 7.99. The molecule has 2 aromatic carbocycles. The van der Waals surface area contributed by atoms with Gasteiger partial charge in [-0.15, -0.1) is 11.8 Å². The first-order valence-corrected chi connectivity index (χ1v) is 9.40. The summed E-state index contributed by atoms with van der Waals surface area (Å²) in [6.45, 7) is 4.22. The Bertz CT molecular complexity index is 650. The van der Waals surface area contributed by atoms with Crippen molar-refractivity contribution < 1.29 is 4.79 Å². The fourth-order valence-electron chi connectivity index (χ4n) is 2.45. The molecule has 1 N–H and O–H groups in total. The monoisotopic (exact) mass is 347 g/mol. The highest BCUT2D eigenvalue weighted by atomic mass is 35.5. The Labute approximate surface area is 147 Å². The second-order valence-electron chi connectivity index (χ2n) is 5.29. The first kappa shape index (κ1) is 17.9. The van der Waals surface area contributed by atoms with Gasteiger partial charge >= 0.3 is 0 Å². The third-order valence-electron chi connectivity index (χ3n) is 3.71. The molecule has 0 unspecified atom stereocenters. The van der Waals surface area contributed by atoms with Crippen LogP contribution in [0.25, 0.3) is 0 Å². The molecule has 0 aliphatic heterocycles. The predicted octanol–water partition coefficient (Wildman–Crippen LogP) is 5.34. The van der Waals surface area contributed by atoms with Crippen molar-refractivity contribution in [3.05, 3.63) is 64.2 Å². The first-order valence-electron chi connectivity index (χ1n) is 7.87. The minimum Gasteiger partial charge on any atom is -0.325 e. The highest BCUT2D eigenvalue weighted by Gasteiger charge is 2.10. The molecule has 0 aliphatic rings. The summed E-state index contributed by atoms with van der Waals surface area (Å²) < 4.78 is 0. The molecule has 0 atom stereocenters. The molecule has 0 saturated heterocycles. The van der Waals surface area contributed by atoms with Gasteiger partial charge in [-0.3, -0.25) is 4.79 Å². The summed E-state index contributed by atoms with van der Waals surface area (Å²) in [5.74, 6) is 1.20. The Morgan fingerprint density at radius 1 is 1.00 bits per heavy atom. The molecule has 0 heterocycles. The van der Waals surface area contributed by atoms with E-state index in [1.807, 2.05) is 24.3 Å². The lowest BCUT2D eigenvalue weighted by molar-refractivity contribution is -0.113. The van der Waals surface area contributed by atoms with Gasteiger partial charge in [0.15, 0.2) is 0 Å². The maximum Gasteiger partial charge on any atom is 0.234 e. The van der Waals surface area contributed by atoms with Gasteiger partial charge in [-0.25, -0.2) is 0 Å². The van der Waals surface area contributed by atoms with Gasteiger partial charge in [-0.1, -0.05) is 61.8 Å². The number of rotatable bonds is 7. The van der Waals surface area contributed by atoms with Crippen molar-refractivity contribution in [3.63, 3.8) is 0 Å². The molecule has 4 heteroatoms. The van der Waals surface area contributed by atoms with Crippen LogP contribution in [0.3, 0.4) is 0 Å². The zero-order chi connectivity index (χ0) is 16.7. The van der Waals surface area contributed by atoms with Crippen LogP contribution in [-0.2, 0) is 23.4 Å². The Kier molecular flexibility index (Phi) is 7.00. The molecule has 2 rings (SSSR count). The van der Waals surface area contributed by atoms with E-state index in [-0.39, 0.29) is 5.91 Å². The number of benzene rings is 2. The van der Waals surface area contributed by atoms with Crippen LogP contribution >= 0.6 is 23.4 Å². The van der Waals surface area contributed by atoms with Gasteiger partial charge in [0.2, 0.25) is 5.91 Å². The largest absolute Gasteiger partial charge is 0.325 e. The van der Waals surface area contributed by atoms with Crippen LogP contribution in [-0.4, -0.2) is 11.7 Å². The second kappa shape index (κ2) is 8.99. The van der Waals surface area contributed by atoms with Gasteiger partial charge in [0.25, 0.3) is 0 Å². The SMILES string of the molecule is CCc1cccc(CC)c1NC(=O)CSCc1ccccc1Cl. The van der Waals surface area contributed by atoms with Crippen LogP contribution in [0.15, 0.2) is 42.5 Å². The van der Waals surface area contributed by atoms with E-state index in [4.69, 9.17) is 11.6 Å². The van der Waals surface area contributed by atoms with Gasteiger partial charge in [0, 0.05) is 16.5 Å². The van der Waals surface area contributed by atoms with Gasteiger partial charge in [0.05, 0.1) is 5.75 Å². The number of carbonyl (C=O) groups excluding carboxylic acids is 1. The Balaban J connectivity index is 1.94. The lowest BCUT2D eigenvalue weighted by Crippen LogP contribution is -2.16. The zero-order valence-corrected chi connectivity index (χ0v) is 15.1. The molecule has 0 aromatic heterocycles. The molecule has 2 aromatic rings. The van der Waals surface area contributed by atoms with E-state index in [9.17, 15) is 4.79 Å². The average molecular weight is 348 g/mol. The van der Waals surface area contributed by atoms with Crippen LogP contribution < -0.4 is 5.32 Å². The van der Waals surface area contributed by atoms with Crippen molar-refractivity contribution in [2.45, 2.75) is 32.4 Å². The Morgan fingerprint density at radius 2 is 1.61 bits per heavy atom. The minimum atomic E-state index is 0.0395. The van der Waals surface area contributed by atoms with Crippen LogP contribution in [0, 0.1) is 0 Å². The highest BCUT2D eigenvalue weighted by Crippen LogP contribution is 2.24. The van der Waals surface area contributed by atoms with Crippen molar-refractivity contribution in [3.8, 4) is 0 Å². The molecular weight excluding hydrogens is 326 g/mol. The smallest absolute Gasteiger partial charge is 0.234 e. The summed E-state index contributed by atoms with van der Waals surface area (Å²) in [6, 6.07) is 14.0. The lowest BCUT2D eigenvalue weighted by Gasteiger charge is -2.14. The van der Waals surface area contributed by atoms with E-state index in [1.54, 1.807) is 11.8 Å². The molecule has 2 nitrogen and oxygen atoms in total. The molecule has 1 amide bonds. The zero-order valence-electron chi connectivity index (χ0n) is 13.6. The standard InChI is InChI=1S/C19H22ClNOS/c1-3-14-9-7-10-15(4-2)19(14)21-18(22)13-23-12-16-8-5-6-11-17(16)20/h5-11H,3-4,12-13H2,1-2H3,(H,21,22). The normalized spacial score (nSPS) is 10.6. The van der Waals surface area contributed by atoms with Crippen molar-refractivity contribution >= 4 is 35.0 Å². The van der Waals surface area contributed by atoms with E-state index in [0.717, 1.165) is 34.9 Å². The van der Waals surface area contributed by atoms with E-state index in [2.05, 4.69) is 37.4 Å². The second-order valence-corrected chi connectivity index (χ2v) is 6.68.